The van der Waals surface area contributed by atoms with Gasteiger partial charge in [-0.3, -0.25) is 9.59 Å². The first-order valence-electron chi connectivity index (χ1n) is 7.82. The number of amides is 2. The molecule has 116 valence electrons. The Labute approximate surface area is 125 Å². The van der Waals surface area contributed by atoms with Crippen LogP contribution in [0, 0.1) is 5.92 Å². The summed E-state index contributed by atoms with van der Waals surface area (Å²) in [5.74, 6) is 0.00336. The molecule has 6 heteroatoms. The topological polar surface area (TPSA) is 86.9 Å². The number of carbonyl (C=O) groups is 2. The van der Waals surface area contributed by atoms with Crippen LogP contribution < -0.4 is 10.6 Å². The van der Waals surface area contributed by atoms with Gasteiger partial charge in [-0.25, -0.2) is 4.98 Å². The maximum atomic E-state index is 12.2. The summed E-state index contributed by atoms with van der Waals surface area (Å²) >= 11 is 0. The van der Waals surface area contributed by atoms with E-state index in [9.17, 15) is 9.59 Å². The molecule has 2 amide bonds. The van der Waals surface area contributed by atoms with E-state index in [-0.39, 0.29) is 23.2 Å². The summed E-state index contributed by atoms with van der Waals surface area (Å²) < 4.78 is 0. The van der Waals surface area contributed by atoms with E-state index in [1.54, 1.807) is 0 Å². The second-order valence-corrected chi connectivity index (χ2v) is 5.60. The van der Waals surface area contributed by atoms with Crippen molar-refractivity contribution in [2.24, 2.45) is 5.92 Å². The Kier molecular flexibility index (Phi) is 5.78. The summed E-state index contributed by atoms with van der Waals surface area (Å²) in [5, 5.41) is 5.65. The number of H-pyrrole nitrogens is 1. The lowest BCUT2D eigenvalue weighted by atomic mass is 9.89. The van der Waals surface area contributed by atoms with E-state index in [2.05, 4.69) is 20.6 Å². The molecule has 1 saturated carbocycles. The number of nitrogens with zero attached hydrogens (tertiary/aromatic N) is 1. The lowest BCUT2D eigenvalue weighted by Gasteiger charge is -2.21. The maximum Gasteiger partial charge on any atom is 0.272 e. The largest absolute Gasteiger partial charge is 0.351 e. The second-order valence-electron chi connectivity index (χ2n) is 5.60. The van der Waals surface area contributed by atoms with Gasteiger partial charge in [-0.2, -0.15) is 0 Å². The lowest BCUT2D eigenvalue weighted by molar-refractivity contribution is 0.0908. The molecular formula is C15H24N4O2. The summed E-state index contributed by atoms with van der Waals surface area (Å²) in [5.41, 5.74) is 0.420. The van der Waals surface area contributed by atoms with Gasteiger partial charge < -0.3 is 15.6 Å². The molecular weight excluding hydrogens is 268 g/mol. The van der Waals surface area contributed by atoms with E-state index in [1.807, 2.05) is 6.92 Å². The second kappa shape index (κ2) is 7.81. The van der Waals surface area contributed by atoms with Crippen molar-refractivity contribution >= 4 is 11.8 Å². The molecule has 0 bridgehead atoms. The molecule has 1 fully saturated rings. The molecule has 0 unspecified atom stereocenters. The quantitative estimate of drug-likeness (QED) is 0.748. The van der Waals surface area contributed by atoms with Crippen LogP contribution in [0.2, 0.25) is 0 Å². The average Bonchev–Trinajstić information content (AvgIpc) is 3.01. The number of rotatable bonds is 6. The molecule has 1 heterocycles. The van der Waals surface area contributed by atoms with Crippen molar-refractivity contribution in [1.82, 2.24) is 20.6 Å². The highest BCUT2D eigenvalue weighted by Gasteiger charge is 2.21. The zero-order valence-corrected chi connectivity index (χ0v) is 12.6. The number of imidazole rings is 1. The first-order chi connectivity index (χ1) is 10.2. The molecule has 0 aliphatic heterocycles. The summed E-state index contributed by atoms with van der Waals surface area (Å²) in [6, 6.07) is 0. The van der Waals surface area contributed by atoms with E-state index >= 15 is 0 Å². The number of aromatic amines is 1. The first kappa shape index (κ1) is 15.5. The average molecular weight is 292 g/mol. The minimum Gasteiger partial charge on any atom is -0.351 e. The Morgan fingerprint density at radius 2 is 2.00 bits per heavy atom. The molecule has 2 rings (SSSR count). The third-order valence-corrected chi connectivity index (χ3v) is 3.89. The number of hydrogen-bond acceptors (Lipinski definition) is 3. The van der Waals surface area contributed by atoms with Crippen LogP contribution in [0.25, 0.3) is 0 Å². The van der Waals surface area contributed by atoms with Gasteiger partial charge in [0.1, 0.15) is 5.69 Å². The summed E-state index contributed by atoms with van der Waals surface area (Å²) in [6.07, 6.45) is 8.37. The molecule has 0 aromatic carbocycles. The van der Waals surface area contributed by atoms with Gasteiger partial charge in [-0.15, -0.1) is 0 Å². The van der Waals surface area contributed by atoms with Crippen LogP contribution >= 0.6 is 0 Å². The maximum absolute atomic E-state index is 12.2. The zero-order chi connectivity index (χ0) is 15.1. The Balaban J connectivity index is 1.90. The van der Waals surface area contributed by atoms with Gasteiger partial charge in [0.05, 0.1) is 6.33 Å². The minimum absolute atomic E-state index is 0.171. The van der Waals surface area contributed by atoms with Crippen LogP contribution in [-0.4, -0.2) is 34.9 Å². The highest BCUT2D eigenvalue weighted by Crippen LogP contribution is 2.22. The first-order valence-corrected chi connectivity index (χ1v) is 7.82. The number of carbonyl (C=O) groups excluding carboxylic acids is 2. The Hall–Kier alpha value is -1.85. The van der Waals surface area contributed by atoms with Crippen LogP contribution in [0.1, 0.15) is 66.4 Å². The molecule has 3 N–H and O–H groups in total. The van der Waals surface area contributed by atoms with Gasteiger partial charge in [0.25, 0.3) is 11.8 Å². The monoisotopic (exact) mass is 292 g/mol. The smallest absolute Gasteiger partial charge is 0.272 e. The molecule has 1 aromatic rings. The fraction of sp³-hybridized carbons (Fsp3) is 0.667. The molecule has 0 atom stereocenters. The highest BCUT2D eigenvalue weighted by molar-refractivity contribution is 6.04. The van der Waals surface area contributed by atoms with Crippen molar-refractivity contribution in [2.45, 2.75) is 45.4 Å². The molecule has 1 aliphatic rings. The normalized spacial score (nSPS) is 15.7. The zero-order valence-electron chi connectivity index (χ0n) is 12.6. The van der Waals surface area contributed by atoms with Gasteiger partial charge in [0.2, 0.25) is 0 Å². The molecule has 0 radical (unpaired) electrons. The van der Waals surface area contributed by atoms with E-state index in [0.29, 0.717) is 19.0 Å². The van der Waals surface area contributed by atoms with Gasteiger partial charge in [-0.1, -0.05) is 26.2 Å². The van der Waals surface area contributed by atoms with Crippen molar-refractivity contribution in [3.63, 3.8) is 0 Å². The van der Waals surface area contributed by atoms with Gasteiger partial charge >= 0.3 is 0 Å². The standard InChI is InChI=1S/C15H24N4O2/c1-2-8-16-14(20)12-13(19-10-18-12)15(21)17-9-11-6-4-3-5-7-11/h10-11H,2-9H2,1H3,(H,16,20)(H,17,21)(H,18,19). The van der Waals surface area contributed by atoms with Gasteiger partial charge in [0, 0.05) is 13.1 Å². The summed E-state index contributed by atoms with van der Waals surface area (Å²) in [6.45, 7) is 3.23. The third-order valence-electron chi connectivity index (χ3n) is 3.89. The molecule has 1 aromatic heterocycles. The van der Waals surface area contributed by atoms with E-state index in [1.165, 1.54) is 38.4 Å². The predicted molar refractivity (Wildman–Crippen MR) is 80.1 cm³/mol. The predicted octanol–water partition coefficient (Wildman–Crippen LogP) is 1.86. The van der Waals surface area contributed by atoms with Gasteiger partial charge in [-0.05, 0) is 25.2 Å². The molecule has 21 heavy (non-hydrogen) atoms. The Morgan fingerprint density at radius 1 is 1.24 bits per heavy atom. The van der Waals surface area contributed by atoms with Crippen LogP contribution in [0.5, 0.6) is 0 Å². The summed E-state index contributed by atoms with van der Waals surface area (Å²) in [4.78, 5) is 30.8. The Morgan fingerprint density at radius 3 is 2.71 bits per heavy atom. The lowest BCUT2D eigenvalue weighted by Crippen LogP contribution is -2.33. The number of nitrogens with one attached hydrogen (secondary N) is 3. The van der Waals surface area contributed by atoms with Crippen LogP contribution in [-0.2, 0) is 0 Å². The van der Waals surface area contributed by atoms with E-state index < -0.39 is 0 Å². The van der Waals surface area contributed by atoms with Crippen LogP contribution in [0.4, 0.5) is 0 Å². The van der Waals surface area contributed by atoms with Crippen molar-refractivity contribution < 1.29 is 9.59 Å². The van der Waals surface area contributed by atoms with Crippen LogP contribution in [0.15, 0.2) is 6.33 Å². The third kappa shape index (κ3) is 4.31. The fourth-order valence-corrected chi connectivity index (χ4v) is 2.68. The minimum atomic E-state index is -0.305. The van der Waals surface area contributed by atoms with Crippen molar-refractivity contribution in [2.75, 3.05) is 13.1 Å². The SMILES string of the molecule is CCCNC(=O)c1nc[nH]c1C(=O)NCC1CCCCC1. The van der Waals surface area contributed by atoms with Gasteiger partial charge in [0.15, 0.2) is 5.69 Å². The number of aromatic nitrogens is 2. The molecule has 1 aliphatic carbocycles. The Bertz CT molecular complexity index is 478. The fourth-order valence-electron chi connectivity index (χ4n) is 2.68. The molecule has 0 saturated heterocycles. The van der Waals surface area contributed by atoms with E-state index in [0.717, 1.165) is 6.42 Å². The highest BCUT2D eigenvalue weighted by atomic mass is 16.2. The molecule has 6 nitrogen and oxygen atoms in total. The van der Waals surface area contributed by atoms with Crippen molar-refractivity contribution in [1.29, 1.82) is 0 Å². The summed E-state index contributed by atoms with van der Waals surface area (Å²) in [7, 11) is 0. The van der Waals surface area contributed by atoms with Crippen molar-refractivity contribution in [3.05, 3.63) is 17.7 Å². The van der Waals surface area contributed by atoms with Crippen molar-refractivity contribution in [3.8, 4) is 0 Å². The number of hydrogen-bond donors (Lipinski definition) is 3. The molecule has 0 spiro atoms. The van der Waals surface area contributed by atoms with E-state index in [4.69, 9.17) is 0 Å². The van der Waals surface area contributed by atoms with Crippen LogP contribution in [0.3, 0.4) is 0 Å².